The van der Waals surface area contributed by atoms with E-state index in [0.717, 1.165) is 52.6 Å². The van der Waals surface area contributed by atoms with Gasteiger partial charge in [-0.15, -0.1) is 0 Å². The molecule has 3 rings (SSSR count). The molecule has 2 aromatic rings. The molecule has 0 radical (unpaired) electrons. The standard InChI is InChI=1S/C22H31N3O3/c1-6-17-21(16-10-9-15(26-5)11-14(16)4)23-18(7-2)22(24-17)25-19-12-27-13-20(19)28-8-3/h9-11,19-20H,6-8,12-13H2,1-5H3,(H,24,25)/t19-,20+/m1/s1. The van der Waals surface area contributed by atoms with Crippen LogP contribution in [0, 0.1) is 6.92 Å². The zero-order chi connectivity index (χ0) is 20.1. The fourth-order valence-corrected chi connectivity index (χ4v) is 3.58. The fourth-order valence-electron chi connectivity index (χ4n) is 3.58. The number of hydrogen-bond acceptors (Lipinski definition) is 6. The summed E-state index contributed by atoms with van der Waals surface area (Å²) in [4.78, 5) is 9.98. The van der Waals surface area contributed by atoms with Crippen molar-refractivity contribution < 1.29 is 14.2 Å². The Bertz CT molecular complexity index is 810. The molecule has 1 N–H and O–H groups in total. The minimum atomic E-state index is 0.0464. The molecule has 6 heteroatoms. The third-order valence-corrected chi connectivity index (χ3v) is 5.13. The van der Waals surface area contributed by atoms with Gasteiger partial charge in [-0.05, 0) is 50.5 Å². The monoisotopic (exact) mass is 385 g/mol. The van der Waals surface area contributed by atoms with E-state index in [1.165, 1.54) is 0 Å². The van der Waals surface area contributed by atoms with E-state index in [0.29, 0.717) is 19.8 Å². The topological polar surface area (TPSA) is 65.5 Å². The molecule has 1 aliphatic rings. The molecule has 0 amide bonds. The zero-order valence-corrected chi connectivity index (χ0v) is 17.5. The number of methoxy groups -OCH3 is 1. The lowest BCUT2D eigenvalue weighted by Crippen LogP contribution is -2.35. The van der Waals surface area contributed by atoms with Crippen molar-refractivity contribution >= 4 is 5.82 Å². The second-order valence-electron chi connectivity index (χ2n) is 6.98. The first-order valence-corrected chi connectivity index (χ1v) is 10.1. The second kappa shape index (κ2) is 9.34. The summed E-state index contributed by atoms with van der Waals surface area (Å²) in [5, 5.41) is 3.54. The van der Waals surface area contributed by atoms with Gasteiger partial charge in [0.2, 0.25) is 0 Å². The van der Waals surface area contributed by atoms with Gasteiger partial charge in [0, 0.05) is 12.2 Å². The lowest BCUT2D eigenvalue weighted by Gasteiger charge is -2.22. The molecule has 0 unspecified atom stereocenters. The van der Waals surface area contributed by atoms with Crippen LogP contribution in [0.15, 0.2) is 18.2 Å². The molecular formula is C22H31N3O3. The van der Waals surface area contributed by atoms with Crippen LogP contribution in [-0.4, -0.2) is 49.0 Å². The van der Waals surface area contributed by atoms with Gasteiger partial charge in [0.15, 0.2) is 0 Å². The Balaban J connectivity index is 1.96. The van der Waals surface area contributed by atoms with E-state index >= 15 is 0 Å². The quantitative estimate of drug-likeness (QED) is 0.746. The summed E-state index contributed by atoms with van der Waals surface area (Å²) in [7, 11) is 1.68. The van der Waals surface area contributed by atoms with Gasteiger partial charge in [-0.25, -0.2) is 9.97 Å². The third kappa shape index (κ3) is 4.28. The van der Waals surface area contributed by atoms with E-state index in [4.69, 9.17) is 24.2 Å². The van der Waals surface area contributed by atoms with Crippen molar-refractivity contribution in [2.24, 2.45) is 0 Å². The minimum absolute atomic E-state index is 0.0464. The van der Waals surface area contributed by atoms with Crippen LogP contribution >= 0.6 is 0 Å². The first kappa shape index (κ1) is 20.6. The summed E-state index contributed by atoms with van der Waals surface area (Å²) in [6.07, 6.45) is 1.65. The number of nitrogens with zero attached hydrogens (tertiary/aromatic N) is 2. The highest BCUT2D eigenvalue weighted by Crippen LogP contribution is 2.30. The fraction of sp³-hybridized carbons (Fsp3) is 0.545. The van der Waals surface area contributed by atoms with E-state index in [1.807, 2.05) is 19.1 Å². The normalized spacial score (nSPS) is 19.0. The predicted octanol–water partition coefficient (Wildman–Crippen LogP) is 3.80. The van der Waals surface area contributed by atoms with Crippen LogP contribution in [0.25, 0.3) is 11.3 Å². The molecule has 1 aromatic carbocycles. The molecule has 1 aromatic heterocycles. The Kier molecular flexibility index (Phi) is 6.86. The van der Waals surface area contributed by atoms with Gasteiger partial charge in [0.05, 0.1) is 43.4 Å². The van der Waals surface area contributed by atoms with Gasteiger partial charge >= 0.3 is 0 Å². The van der Waals surface area contributed by atoms with Crippen molar-refractivity contribution in [2.75, 3.05) is 32.2 Å². The van der Waals surface area contributed by atoms with Crippen LogP contribution in [-0.2, 0) is 22.3 Å². The third-order valence-electron chi connectivity index (χ3n) is 5.13. The van der Waals surface area contributed by atoms with Gasteiger partial charge in [0.25, 0.3) is 0 Å². The summed E-state index contributed by atoms with van der Waals surface area (Å²) in [5.74, 6) is 1.69. The SMILES string of the molecule is CCO[C@H]1COC[C@H]1Nc1nc(CC)c(-c2ccc(OC)cc2C)nc1CC. The average Bonchev–Trinajstić information content (AvgIpc) is 3.14. The predicted molar refractivity (Wildman–Crippen MR) is 111 cm³/mol. The van der Waals surface area contributed by atoms with Crippen LogP contribution in [0.3, 0.4) is 0 Å². The molecule has 2 heterocycles. The highest BCUT2D eigenvalue weighted by molar-refractivity contribution is 5.68. The highest BCUT2D eigenvalue weighted by atomic mass is 16.5. The lowest BCUT2D eigenvalue weighted by atomic mass is 10.0. The van der Waals surface area contributed by atoms with Crippen LogP contribution in [0.1, 0.15) is 37.7 Å². The Hall–Kier alpha value is -2.18. The highest BCUT2D eigenvalue weighted by Gasteiger charge is 2.30. The van der Waals surface area contributed by atoms with Crippen molar-refractivity contribution in [3.8, 4) is 17.0 Å². The first-order chi connectivity index (χ1) is 13.6. The molecule has 1 saturated heterocycles. The first-order valence-electron chi connectivity index (χ1n) is 10.1. The number of aryl methyl sites for hydroxylation is 3. The minimum Gasteiger partial charge on any atom is -0.497 e. The van der Waals surface area contributed by atoms with Crippen molar-refractivity contribution in [1.29, 1.82) is 0 Å². The molecule has 6 nitrogen and oxygen atoms in total. The van der Waals surface area contributed by atoms with E-state index in [1.54, 1.807) is 7.11 Å². The summed E-state index contributed by atoms with van der Waals surface area (Å²) in [5.41, 5.74) is 5.13. The number of ether oxygens (including phenoxy) is 3. The molecule has 0 spiro atoms. The molecule has 2 atom stereocenters. The summed E-state index contributed by atoms with van der Waals surface area (Å²) < 4.78 is 16.7. The van der Waals surface area contributed by atoms with Crippen molar-refractivity contribution in [3.05, 3.63) is 35.2 Å². The van der Waals surface area contributed by atoms with Crippen LogP contribution in [0.4, 0.5) is 5.82 Å². The molecule has 0 bridgehead atoms. The Morgan fingerprint density at radius 1 is 1.11 bits per heavy atom. The van der Waals surface area contributed by atoms with Crippen molar-refractivity contribution in [1.82, 2.24) is 9.97 Å². The molecule has 0 aliphatic carbocycles. The number of hydrogen-bond donors (Lipinski definition) is 1. The van der Waals surface area contributed by atoms with E-state index in [-0.39, 0.29) is 12.1 Å². The number of nitrogens with one attached hydrogen (secondary N) is 1. The molecular weight excluding hydrogens is 354 g/mol. The zero-order valence-electron chi connectivity index (χ0n) is 17.5. The maximum absolute atomic E-state index is 5.80. The Morgan fingerprint density at radius 3 is 2.54 bits per heavy atom. The van der Waals surface area contributed by atoms with Crippen LogP contribution in [0.2, 0.25) is 0 Å². The molecule has 0 saturated carbocycles. The number of aromatic nitrogens is 2. The summed E-state index contributed by atoms with van der Waals surface area (Å²) in [6.45, 7) is 10.2. The van der Waals surface area contributed by atoms with E-state index < -0.39 is 0 Å². The average molecular weight is 386 g/mol. The second-order valence-corrected chi connectivity index (χ2v) is 6.98. The summed E-state index contributed by atoms with van der Waals surface area (Å²) in [6, 6.07) is 6.18. The van der Waals surface area contributed by atoms with E-state index in [2.05, 4.69) is 32.2 Å². The lowest BCUT2D eigenvalue weighted by molar-refractivity contribution is 0.0478. The Morgan fingerprint density at radius 2 is 1.89 bits per heavy atom. The smallest absolute Gasteiger partial charge is 0.148 e. The van der Waals surface area contributed by atoms with Crippen molar-refractivity contribution in [3.63, 3.8) is 0 Å². The van der Waals surface area contributed by atoms with Crippen LogP contribution in [0.5, 0.6) is 5.75 Å². The maximum atomic E-state index is 5.80. The van der Waals surface area contributed by atoms with Gasteiger partial charge in [0.1, 0.15) is 17.7 Å². The number of benzene rings is 1. The summed E-state index contributed by atoms with van der Waals surface area (Å²) >= 11 is 0. The van der Waals surface area contributed by atoms with Crippen molar-refractivity contribution in [2.45, 2.75) is 52.7 Å². The molecule has 28 heavy (non-hydrogen) atoms. The van der Waals surface area contributed by atoms with Gasteiger partial charge in [-0.2, -0.15) is 0 Å². The number of rotatable bonds is 8. The van der Waals surface area contributed by atoms with Gasteiger partial charge in [-0.1, -0.05) is 13.8 Å². The molecule has 1 aliphatic heterocycles. The van der Waals surface area contributed by atoms with E-state index in [9.17, 15) is 0 Å². The number of anilines is 1. The van der Waals surface area contributed by atoms with Gasteiger partial charge < -0.3 is 19.5 Å². The molecule has 1 fully saturated rings. The Labute approximate surface area is 167 Å². The molecule has 152 valence electrons. The van der Waals surface area contributed by atoms with Crippen LogP contribution < -0.4 is 10.1 Å². The van der Waals surface area contributed by atoms with Gasteiger partial charge in [-0.3, -0.25) is 0 Å². The maximum Gasteiger partial charge on any atom is 0.148 e. The largest absolute Gasteiger partial charge is 0.497 e.